The third-order valence-electron chi connectivity index (χ3n) is 6.93. The maximum Gasteiger partial charge on any atom is 0.256 e. The third-order valence-corrected chi connectivity index (χ3v) is 6.93. The summed E-state index contributed by atoms with van der Waals surface area (Å²) in [5, 5.41) is 25.9. The number of aromatic amines is 1. The number of likely N-dealkylation sites (tertiary alicyclic amines) is 1. The van der Waals surface area contributed by atoms with Crippen LogP contribution in [0.4, 0.5) is 10.1 Å². The Morgan fingerprint density at radius 2 is 1.92 bits per heavy atom. The summed E-state index contributed by atoms with van der Waals surface area (Å²) in [7, 11) is 0. The van der Waals surface area contributed by atoms with E-state index in [1.54, 1.807) is 24.8 Å². The Labute approximate surface area is 214 Å². The minimum atomic E-state index is -0.935. The number of H-pyrrole nitrogens is 1. The predicted molar refractivity (Wildman–Crippen MR) is 137 cm³/mol. The zero-order chi connectivity index (χ0) is 26.7. The molecule has 2 aromatic rings. The van der Waals surface area contributed by atoms with Crippen molar-refractivity contribution in [2.45, 2.75) is 58.2 Å². The standard InChI is InChI=1S/C27H33FN4O5/c1-15-23(14-21-20-11-17(28)5-6-22(20)31-26(21)36)30-16(2)25(15)27(37)29-8-7-18(33)12-19(34)13-24(35)32-9-3-4-10-32/h5-6,11,14,18-19,30,33-34H,3-4,7-10,12-13H2,1-2H3,(H,29,37)(H,31,36). The fourth-order valence-corrected chi connectivity index (χ4v) is 4.96. The van der Waals surface area contributed by atoms with Crippen molar-refractivity contribution in [1.82, 2.24) is 15.2 Å². The lowest BCUT2D eigenvalue weighted by Gasteiger charge is -2.19. The van der Waals surface area contributed by atoms with E-state index in [9.17, 15) is 29.0 Å². The van der Waals surface area contributed by atoms with Gasteiger partial charge in [-0.05, 0) is 69.4 Å². The van der Waals surface area contributed by atoms with Crippen LogP contribution in [0.5, 0.6) is 0 Å². The Balaban J connectivity index is 1.33. The molecular weight excluding hydrogens is 479 g/mol. The number of aliphatic hydroxyl groups excluding tert-OH is 2. The van der Waals surface area contributed by atoms with Gasteiger partial charge < -0.3 is 30.7 Å². The highest BCUT2D eigenvalue weighted by Crippen LogP contribution is 2.34. The van der Waals surface area contributed by atoms with Gasteiger partial charge in [0, 0.05) is 42.3 Å². The van der Waals surface area contributed by atoms with Crippen LogP contribution in [0, 0.1) is 19.7 Å². The molecule has 2 aliphatic heterocycles. The number of halogens is 1. The summed E-state index contributed by atoms with van der Waals surface area (Å²) in [6, 6.07) is 4.08. The lowest BCUT2D eigenvalue weighted by Crippen LogP contribution is -2.33. The van der Waals surface area contributed by atoms with E-state index >= 15 is 0 Å². The first kappa shape index (κ1) is 26.6. The normalized spacial score (nSPS) is 17.6. The Bertz CT molecular complexity index is 1230. The second kappa shape index (κ2) is 11.3. The van der Waals surface area contributed by atoms with Crippen LogP contribution in [0.3, 0.4) is 0 Å². The molecule has 10 heteroatoms. The second-order valence-corrected chi connectivity index (χ2v) is 9.75. The second-order valence-electron chi connectivity index (χ2n) is 9.75. The summed E-state index contributed by atoms with van der Waals surface area (Å²) < 4.78 is 13.7. The van der Waals surface area contributed by atoms with Gasteiger partial charge in [0.15, 0.2) is 0 Å². The van der Waals surface area contributed by atoms with E-state index in [1.807, 2.05) is 0 Å². The Morgan fingerprint density at radius 1 is 1.19 bits per heavy atom. The van der Waals surface area contributed by atoms with E-state index in [0.29, 0.717) is 39.3 Å². The summed E-state index contributed by atoms with van der Waals surface area (Å²) in [6.07, 6.45) is 2.03. The molecule has 2 unspecified atom stereocenters. The molecule has 0 aliphatic carbocycles. The van der Waals surface area contributed by atoms with Crippen LogP contribution in [-0.2, 0) is 9.59 Å². The van der Waals surface area contributed by atoms with Crippen LogP contribution in [0.25, 0.3) is 11.6 Å². The van der Waals surface area contributed by atoms with Gasteiger partial charge in [-0.25, -0.2) is 4.39 Å². The highest BCUT2D eigenvalue weighted by molar-refractivity contribution is 6.34. The molecule has 1 saturated heterocycles. The first-order chi connectivity index (χ1) is 17.6. The van der Waals surface area contributed by atoms with E-state index in [2.05, 4.69) is 15.6 Å². The van der Waals surface area contributed by atoms with E-state index in [1.165, 1.54) is 18.2 Å². The van der Waals surface area contributed by atoms with Crippen LogP contribution in [0.15, 0.2) is 18.2 Å². The average molecular weight is 513 g/mol. The maximum absolute atomic E-state index is 13.7. The number of carbonyl (C=O) groups excluding carboxylic acids is 3. The number of benzene rings is 1. The smallest absolute Gasteiger partial charge is 0.256 e. The zero-order valence-corrected chi connectivity index (χ0v) is 21.1. The van der Waals surface area contributed by atoms with Gasteiger partial charge in [0.05, 0.1) is 29.8 Å². The SMILES string of the molecule is Cc1[nH]c(C=C2C(=O)Nc3ccc(F)cc32)c(C)c1C(=O)NCCC(O)CC(O)CC(=O)N1CCCC1. The lowest BCUT2D eigenvalue weighted by molar-refractivity contribution is -0.132. The Hall–Kier alpha value is -3.50. The van der Waals surface area contributed by atoms with Gasteiger partial charge in [-0.15, -0.1) is 0 Å². The fourth-order valence-electron chi connectivity index (χ4n) is 4.96. The zero-order valence-electron chi connectivity index (χ0n) is 21.1. The molecule has 198 valence electrons. The third kappa shape index (κ3) is 6.08. The van der Waals surface area contributed by atoms with Crippen LogP contribution in [0.2, 0.25) is 0 Å². The lowest BCUT2D eigenvalue weighted by atomic mass is 10.0. The molecule has 9 nitrogen and oxygen atoms in total. The number of nitrogens with zero attached hydrogens (tertiary/aromatic N) is 1. The molecule has 2 atom stereocenters. The van der Waals surface area contributed by atoms with Crippen LogP contribution in [-0.4, -0.2) is 69.7 Å². The van der Waals surface area contributed by atoms with Crippen molar-refractivity contribution in [2.75, 3.05) is 25.0 Å². The van der Waals surface area contributed by atoms with Crippen molar-refractivity contribution < 1.29 is 29.0 Å². The predicted octanol–water partition coefficient (Wildman–Crippen LogP) is 2.51. The summed E-state index contributed by atoms with van der Waals surface area (Å²) in [5.74, 6) is -1.24. The number of anilines is 1. The van der Waals surface area contributed by atoms with Gasteiger partial charge in [-0.2, -0.15) is 0 Å². The minimum absolute atomic E-state index is 0.0153. The molecule has 3 heterocycles. The summed E-state index contributed by atoms with van der Waals surface area (Å²) in [6.45, 7) is 5.12. The largest absolute Gasteiger partial charge is 0.393 e. The molecule has 37 heavy (non-hydrogen) atoms. The topological polar surface area (TPSA) is 135 Å². The molecule has 5 N–H and O–H groups in total. The molecule has 1 aromatic carbocycles. The highest BCUT2D eigenvalue weighted by Gasteiger charge is 2.26. The number of hydrogen-bond donors (Lipinski definition) is 5. The molecule has 1 aromatic heterocycles. The summed E-state index contributed by atoms with van der Waals surface area (Å²) >= 11 is 0. The Morgan fingerprint density at radius 3 is 2.65 bits per heavy atom. The van der Waals surface area contributed by atoms with Gasteiger partial charge in [0.25, 0.3) is 11.8 Å². The minimum Gasteiger partial charge on any atom is -0.393 e. The van der Waals surface area contributed by atoms with Crippen LogP contribution < -0.4 is 10.6 Å². The van der Waals surface area contributed by atoms with Crippen molar-refractivity contribution >= 4 is 35.1 Å². The number of rotatable bonds is 9. The number of aromatic nitrogens is 1. The maximum atomic E-state index is 13.7. The molecule has 0 bridgehead atoms. The van der Waals surface area contributed by atoms with Gasteiger partial charge in [-0.3, -0.25) is 14.4 Å². The number of aliphatic hydroxyl groups is 2. The molecule has 0 radical (unpaired) electrons. The summed E-state index contributed by atoms with van der Waals surface area (Å²) in [5.41, 5.74) is 3.52. The van der Waals surface area contributed by atoms with Gasteiger partial charge in [-0.1, -0.05) is 0 Å². The number of carbonyl (C=O) groups is 3. The van der Waals surface area contributed by atoms with Crippen molar-refractivity contribution in [2.24, 2.45) is 0 Å². The van der Waals surface area contributed by atoms with E-state index in [-0.39, 0.29) is 43.5 Å². The van der Waals surface area contributed by atoms with Crippen molar-refractivity contribution in [3.63, 3.8) is 0 Å². The molecule has 0 saturated carbocycles. The first-order valence-electron chi connectivity index (χ1n) is 12.6. The van der Waals surface area contributed by atoms with Gasteiger partial charge in [0.2, 0.25) is 5.91 Å². The fraction of sp³-hybridized carbons (Fsp3) is 0.444. The van der Waals surface area contributed by atoms with Gasteiger partial charge >= 0.3 is 0 Å². The van der Waals surface area contributed by atoms with Gasteiger partial charge in [0.1, 0.15) is 5.82 Å². The van der Waals surface area contributed by atoms with Crippen molar-refractivity contribution in [3.8, 4) is 0 Å². The molecule has 0 spiro atoms. The molecular formula is C27H33FN4O5. The van der Waals surface area contributed by atoms with Crippen LogP contribution >= 0.6 is 0 Å². The number of nitrogens with one attached hydrogen (secondary N) is 3. The number of hydrogen-bond acceptors (Lipinski definition) is 5. The highest BCUT2D eigenvalue weighted by atomic mass is 19.1. The number of amides is 3. The molecule has 3 amide bonds. The molecule has 2 aliphatic rings. The van der Waals surface area contributed by atoms with E-state index in [0.717, 1.165) is 25.9 Å². The summed E-state index contributed by atoms with van der Waals surface area (Å²) in [4.78, 5) is 42.3. The average Bonchev–Trinajstić information content (AvgIpc) is 3.53. The monoisotopic (exact) mass is 512 g/mol. The van der Waals surface area contributed by atoms with Crippen molar-refractivity contribution in [1.29, 1.82) is 0 Å². The Kier molecular flexibility index (Phi) is 8.09. The van der Waals surface area contributed by atoms with E-state index in [4.69, 9.17) is 0 Å². The number of fused-ring (bicyclic) bond motifs is 1. The first-order valence-corrected chi connectivity index (χ1v) is 12.6. The van der Waals surface area contributed by atoms with E-state index < -0.39 is 18.0 Å². The quantitative estimate of drug-likeness (QED) is 0.329. The number of aryl methyl sites for hydroxylation is 1. The molecule has 4 rings (SSSR count). The van der Waals surface area contributed by atoms with Crippen LogP contribution in [0.1, 0.15) is 65.0 Å². The molecule has 1 fully saturated rings. The van der Waals surface area contributed by atoms with Crippen molar-refractivity contribution in [3.05, 3.63) is 52.1 Å².